The van der Waals surface area contributed by atoms with Gasteiger partial charge >= 0.3 is 0 Å². The standard InChI is InChI=1S/C20H23N3O3S/c1-14(2)18(20(24)23(3)13-15-9-5-4-6-10-15)21-19-16-11-7-8-12-17(16)27(25,26)22-19/h4-12,14,18H,13H2,1-3H3,(H,21,22)/t18-/m0/s1. The molecule has 7 heteroatoms. The van der Waals surface area contributed by atoms with E-state index in [0.29, 0.717) is 12.1 Å². The van der Waals surface area contributed by atoms with Crippen LogP contribution in [0, 0.1) is 5.92 Å². The molecule has 0 unspecified atom stereocenters. The lowest BCUT2D eigenvalue weighted by Gasteiger charge is -2.24. The first-order chi connectivity index (χ1) is 12.8. The van der Waals surface area contributed by atoms with Crippen molar-refractivity contribution in [3.63, 3.8) is 0 Å². The van der Waals surface area contributed by atoms with Crippen molar-refractivity contribution in [2.24, 2.45) is 10.9 Å². The predicted molar refractivity (Wildman–Crippen MR) is 105 cm³/mol. The molecule has 6 nitrogen and oxygen atoms in total. The van der Waals surface area contributed by atoms with Crippen molar-refractivity contribution in [3.05, 3.63) is 65.7 Å². The van der Waals surface area contributed by atoms with Gasteiger partial charge in [0.1, 0.15) is 11.9 Å². The van der Waals surface area contributed by atoms with E-state index in [0.717, 1.165) is 5.56 Å². The number of fused-ring (bicyclic) bond motifs is 1. The summed E-state index contributed by atoms with van der Waals surface area (Å²) >= 11 is 0. The molecule has 1 heterocycles. The van der Waals surface area contributed by atoms with Crippen molar-refractivity contribution in [1.82, 2.24) is 9.62 Å². The number of aliphatic imine (C=N–C) groups is 1. The van der Waals surface area contributed by atoms with Gasteiger partial charge < -0.3 is 4.90 Å². The summed E-state index contributed by atoms with van der Waals surface area (Å²) in [5.41, 5.74) is 1.53. The fourth-order valence-corrected chi connectivity index (χ4v) is 4.26. The zero-order chi connectivity index (χ0) is 19.6. The molecule has 0 saturated carbocycles. The summed E-state index contributed by atoms with van der Waals surface area (Å²) < 4.78 is 27.0. The molecule has 1 atom stereocenters. The van der Waals surface area contributed by atoms with Gasteiger partial charge in [-0.1, -0.05) is 56.3 Å². The largest absolute Gasteiger partial charge is 0.340 e. The van der Waals surface area contributed by atoms with E-state index < -0.39 is 16.1 Å². The summed E-state index contributed by atoms with van der Waals surface area (Å²) in [6, 6.07) is 15.7. The van der Waals surface area contributed by atoms with E-state index in [-0.39, 0.29) is 22.6 Å². The van der Waals surface area contributed by atoms with Gasteiger partial charge in [0.25, 0.3) is 10.0 Å². The number of carbonyl (C=O) groups is 1. The minimum Gasteiger partial charge on any atom is -0.340 e. The van der Waals surface area contributed by atoms with Crippen LogP contribution in [-0.4, -0.2) is 38.2 Å². The molecule has 1 N–H and O–H groups in total. The Kier molecular flexibility index (Phi) is 5.32. The van der Waals surface area contributed by atoms with Crippen LogP contribution in [0.4, 0.5) is 0 Å². The number of amidine groups is 1. The summed E-state index contributed by atoms with van der Waals surface area (Å²) in [5.74, 6) is -0.00353. The first-order valence-electron chi connectivity index (χ1n) is 8.78. The van der Waals surface area contributed by atoms with E-state index in [9.17, 15) is 13.2 Å². The molecule has 2 aromatic carbocycles. The Morgan fingerprint density at radius 3 is 2.37 bits per heavy atom. The highest BCUT2D eigenvalue weighted by atomic mass is 32.2. The average molecular weight is 385 g/mol. The second kappa shape index (κ2) is 7.52. The van der Waals surface area contributed by atoms with Gasteiger partial charge in [0.05, 0.1) is 4.90 Å². The first kappa shape index (κ1) is 19.1. The van der Waals surface area contributed by atoms with Crippen LogP contribution in [0.15, 0.2) is 64.5 Å². The van der Waals surface area contributed by atoms with Crippen molar-refractivity contribution in [2.75, 3.05) is 7.05 Å². The summed E-state index contributed by atoms with van der Waals surface area (Å²) in [5, 5.41) is 0. The predicted octanol–water partition coefficient (Wildman–Crippen LogP) is 2.41. The number of rotatable bonds is 5. The van der Waals surface area contributed by atoms with Gasteiger partial charge in [0.15, 0.2) is 0 Å². The third kappa shape index (κ3) is 4.03. The summed E-state index contributed by atoms with van der Waals surface area (Å²) in [4.78, 5) is 19.3. The van der Waals surface area contributed by atoms with Crippen LogP contribution in [-0.2, 0) is 21.4 Å². The van der Waals surface area contributed by atoms with E-state index in [4.69, 9.17) is 0 Å². The number of hydrogen-bond donors (Lipinski definition) is 1. The zero-order valence-electron chi connectivity index (χ0n) is 15.6. The summed E-state index contributed by atoms with van der Waals surface area (Å²) in [6.45, 7) is 4.27. The quantitative estimate of drug-likeness (QED) is 0.858. The molecule has 3 rings (SSSR count). The Labute approximate surface area is 160 Å². The Morgan fingerprint density at radius 2 is 1.70 bits per heavy atom. The molecule has 0 fully saturated rings. The van der Waals surface area contributed by atoms with Crippen LogP contribution in [0.25, 0.3) is 0 Å². The maximum Gasteiger partial charge on any atom is 0.263 e. The lowest BCUT2D eigenvalue weighted by molar-refractivity contribution is -0.132. The first-order valence-corrected chi connectivity index (χ1v) is 10.3. The number of likely N-dealkylation sites (N-methyl/N-ethyl adjacent to an activating group) is 1. The maximum atomic E-state index is 13.0. The molecule has 1 aliphatic heterocycles. The highest BCUT2D eigenvalue weighted by molar-refractivity contribution is 7.90. The van der Waals surface area contributed by atoms with Gasteiger partial charge in [0.2, 0.25) is 5.91 Å². The molecule has 0 saturated heterocycles. The SMILES string of the molecule is CC(C)[C@H](N=C1NS(=O)(=O)c2ccccc21)C(=O)N(C)Cc1ccccc1. The second-order valence-corrected chi connectivity index (χ2v) is 8.60. The normalized spacial score (nSPS) is 17.4. The van der Waals surface area contributed by atoms with Crippen LogP contribution < -0.4 is 4.72 Å². The molecular weight excluding hydrogens is 362 g/mol. The van der Waals surface area contributed by atoms with Crippen LogP contribution in [0.2, 0.25) is 0 Å². The molecule has 0 spiro atoms. The van der Waals surface area contributed by atoms with Crippen molar-refractivity contribution < 1.29 is 13.2 Å². The highest BCUT2D eigenvalue weighted by Gasteiger charge is 2.33. The number of sulfonamides is 1. The molecular formula is C20H23N3O3S. The van der Waals surface area contributed by atoms with Gasteiger partial charge in [-0.25, -0.2) is 8.42 Å². The minimum atomic E-state index is -3.63. The lowest BCUT2D eigenvalue weighted by Crippen LogP contribution is -2.39. The van der Waals surface area contributed by atoms with Crippen LogP contribution >= 0.6 is 0 Å². The van der Waals surface area contributed by atoms with Crippen molar-refractivity contribution in [3.8, 4) is 0 Å². The molecule has 2 aromatic rings. The monoisotopic (exact) mass is 385 g/mol. The summed E-state index contributed by atoms with van der Waals surface area (Å²) in [7, 11) is -1.89. The molecule has 142 valence electrons. The molecule has 0 aromatic heterocycles. The molecule has 0 bridgehead atoms. The van der Waals surface area contributed by atoms with Gasteiger partial charge in [-0.2, -0.15) is 0 Å². The Bertz CT molecular complexity index is 969. The molecule has 0 radical (unpaired) electrons. The molecule has 27 heavy (non-hydrogen) atoms. The number of benzene rings is 2. The van der Waals surface area contributed by atoms with Crippen molar-refractivity contribution in [1.29, 1.82) is 0 Å². The van der Waals surface area contributed by atoms with E-state index in [1.54, 1.807) is 30.1 Å². The molecule has 0 aliphatic carbocycles. The molecule has 1 aliphatic rings. The number of amides is 1. The fraction of sp³-hybridized carbons (Fsp3) is 0.300. The fourth-order valence-electron chi connectivity index (χ4n) is 3.02. The van der Waals surface area contributed by atoms with Gasteiger partial charge in [-0.3, -0.25) is 14.5 Å². The Morgan fingerprint density at radius 1 is 1.07 bits per heavy atom. The second-order valence-electron chi connectivity index (χ2n) is 6.95. The van der Waals surface area contributed by atoms with E-state index in [1.807, 2.05) is 44.2 Å². The third-order valence-electron chi connectivity index (χ3n) is 4.45. The number of carbonyl (C=O) groups excluding carboxylic acids is 1. The van der Waals surface area contributed by atoms with E-state index in [1.165, 1.54) is 6.07 Å². The van der Waals surface area contributed by atoms with Crippen LogP contribution in [0.5, 0.6) is 0 Å². The number of nitrogens with one attached hydrogen (secondary N) is 1. The van der Waals surface area contributed by atoms with Crippen molar-refractivity contribution >= 4 is 21.8 Å². The Hall–Kier alpha value is -2.67. The third-order valence-corrected chi connectivity index (χ3v) is 5.85. The topological polar surface area (TPSA) is 78.8 Å². The molecule has 1 amide bonds. The maximum absolute atomic E-state index is 13.0. The van der Waals surface area contributed by atoms with Gasteiger partial charge in [0, 0.05) is 19.2 Å². The number of hydrogen-bond acceptors (Lipinski definition) is 4. The lowest BCUT2D eigenvalue weighted by atomic mass is 10.0. The van der Waals surface area contributed by atoms with Crippen LogP contribution in [0.3, 0.4) is 0 Å². The van der Waals surface area contributed by atoms with Crippen LogP contribution in [0.1, 0.15) is 25.0 Å². The minimum absolute atomic E-state index is 0.0829. The highest BCUT2D eigenvalue weighted by Crippen LogP contribution is 2.24. The van der Waals surface area contributed by atoms with Gasteiger partial charge in [-0.05, 0) is 23.6 Å². The summed E-state index contributed by atoms with van der Waals surface area (Å²) in [6.07, 6.45) is 0. The average Bonchev–Trinajstić information content (AvgIpc) is 2.90. The Balaban J connectivity index is 1.88. The van der Waals surface area contributed by atoms with Gasteiger partial charge in [-0.15, -0.1) is 0 Å². The van der Waals surface area contributed by atoms with E-state index >= 15 is 0 Å². The zero-order valence-corrected chi connectivity index (χ0v) is 16.4. The smallest absolute Gasteiger partial charge is 0.263 e. The van der Waals surface area contributed by atoms with Crippen molar-refractivity contribution in [2.45, 2.75) is 31.3 Å². The number of nitrogens with zero attached hydrogens (tertiary/aromatic N) is 2. The van der Waals surface area contributed by atoms with E-state index in [2.05, 4.69) is 9.71 Å².